The second-order valence-electron chi connectivity index (χ2n) is 5.65. The number of nitrogens with one attached hydrogen (secondary N) is 1. The highest BCUT2D eigenvalue weighted by Crippen LogP contribution is 2.26. The van der Waals surface area contributed by atoms with Crippen LogP contribution in [-0.4, -0.2) is 28.7 Å². The number of anilines is 1. The Hall–Kier alpha value is -2.76. The van der Waals surface area contributed by atoms with Gasteiger partial charge in [0, 0.05) is 18.4 Å². The van der Waals surface area contributed by atoms with Crippen molar-refractivity contribution in [1.29, 1.82) is 0 Å². The summed E-state index contributed by atoms with van der Waals surface area (Å²) in [6.45, 7) is 6.17. The van der Waals surface area contributed by atoms with Crippen LogP contribution < -0.4 is 10.1 Å². The third-order valence-electron chi connectivity index (χ3n) is 3.89. The number of carbonyl (C=O) groups is 2. The molecule has 0 bridgehead atoms. The quantitative estimate of drug-likeness (QED) is 0.853. The van der Waals surface area contributed by atoms with Gasteiger partial charge in [0.25, 0.3) is 0 Å². The summed E-state index contributed by atoms with van der Waals surface area (Å²) in [5.41, 5.74) is 2.92. The number of nitrogens with zero attached hydrogens (tertiary/aromatic N) is 1. The summed E-state index contributed by atoms with van der Waals surface area (Å²) in [6.07, 6.45) is 1.75. The molecule has 0 radical (unpaired) electrons. The van der Waals surface area contributed by atoms with Gasteiger partial charge in [-0.05, 0) is 44.0 Å². The van der Waals surface area contributed by atoms with Crippen LogP contribution in [0.4, 0.5) is 5.69 Å². The first-order chi connectivity index (χ1) is 11.4. The number of carboxylic acids is 1. The van der Waals surface area contributed by atoms with E-state index in [-0.39, 0.29) is 17.9 Å². The van der Waals surface area contributed by atoms with E-state index in [4.69, 9.17) is 4.74 Å². The maximum atomic E-state index is 12.4. The largest absolute Gasteiger partial charge is 0.495 e. The molecule has 2 aromatic rings. The Labute approximate surface area is 141 Å². The van der Waals surface area contributed by atoms with Crippen molar-refractivity contribution < 1.29 is 19.4 Å². The molecule has 1 heterocycles. The van der Waals surface area contributed by atoms with Gasteiger partial charge in [-0.1, -0.05) is 6.07 Å². The zero-order chi connectivity index (χ0) is 17.9. The molecule has 1 aromatic heterocycles. The van der Waals surface area contributed by atoms with Gasteiger partial charge in [-0.2, -0.15) is 0 Å². The fourth-order valence-corrected chi connectivity index (χ4v) is 2.78. The number of aromatic carboxylic acids is 1. The lowest BCUT2D eigenvalue weighted by Crippen LogP contribution is -2.19. The van der Waals surface area contributed by atoms with Gasteiger partial charge in [0.2, 0.25) is 5.91 Å². The van der Waals surface area contributed by atoms with Gasteiger partial charge in [-0.25, -0.2) is 4.79 Å². The smallest absolute Gasteiger partial charge is 0.337 e. The SMILES string of the molecule is CCn1cc(C)c(C(=O)O)c1CC(=O)Nc1cc(C)ccc1OC. The number of hydrogen-bond acceptors (Lipinski definition) is 3. The van der Waals surface area contributed by atoms with E-state index in [0.717, 1.165) is 5.56 Å². The molecule has 2 N–H and O–H groups in total. The summed E-state index contributed by atoms with van der Waals surface area (Å²) in [7, 11) is 1.54. The molecule has 2 rings (SSSR count). The molecular weight excluding hydrogens is 308 g/mol. The lowest BCUT2D eigenvalue weighted by Gasteiger charge is -2.12. The van der Waals surface area contributed by atoms with Crippen molar-refractivity contribution in [2.45, 2.75) is 33.7 Å². The van der Waals surface area contributed by atoms with Crippen molar-refractivity contribution in [2.75, 3.05) is 12.4 Å². The monoisotopic (exact) mass is 330 g/mol. The normalized spacial score (nSPS) is 10.5. The summed E-state index contributed by atoms with van der Waals surface area (Å²) >= 11 is 0. The molecule has 0 atom stereocenters. The molecule has 6 nitrogen and oxygen atoms in total. The van der Waals surface area contributed by atoms with Crippen LogP contribution in [0.3, 0.4) is 0 Å². The molecule has 0 saturated carbocycles. The first-order valence-corrected chi connectivity index (χ1v) is 7.73. The lowest BCUT2D eigenvalue weighted by atomic mass is 10.1. The molecule has 1 amide bonds. The Morgan fingerprint density at radius 3 is 2.58 bits per heavy atom. The number of aromatic nitrogens is 1. The van der Waals surface area contributed by atoms with E-state index < -0.39 is 5.97 Å². The molecular formula is C18H22N2O4. The Kier molecular flexibility index (Phi) is 5.28. The van der Waals surface area contributed by atoms with E-state index in [0.29, 0.717) is 29.2 Å². The predicted molar refractivity (Wildman–Crippen MR) is 91.9 cm³/mol. The van der Waals surface area contributed by atoms with Gasteiger partial charge in [0.15, 0.2) is 0 Å². The van der Waals surface area contributed by atoms with E-state index in [1.165, 1.54) is 7.11 Å². The third kappa shape index (κ3) is 3.59. The van der Waals surface area contributed by atoms with E-state index in [2.05, 4.69) is 5.32 Å². The Balaban J connectivity index is 2.28. The molecule has 0 fully saturated rings. The number of aryl methyl sites for hydroxylation is 3. The molecule has 0 aliphatic carbocycles. The number of methoxy groups -OCH3 is 1. The highest BCUT2D eigenvalue weighted by atomic mass is 16.5. The van der Waals surface area contributed by atoms with Crippen molar-refractivity contribution in [2.24, 2.45) is 0 Å². The summed E-state index contributed by atoms with van der Waals surface area (Å²) in [5, 5.41) is 12.2. The number of rotatable bonds is 6. The van der Waals surface area contributed by atoms with Gasteiger partial charge in [0.05, 0.1) is 24.8 Å². The van der Waals surface area contributed by atoms with Crippen molar-refractivity contribution in [3.05, 3.63) is 46.8 Å². The van der Waals surface area contributed by atoms with Crippen LogP contribution in [0.15, 0.2) is 24.4 Å². The molecule has 0 spiro atoms. The van der Waals surface area contributed by atoms with Gasteiger partial charge >= 0.3 is 5.97 Å². The van der Waals surface area contributed by atoms with Crippen molar-refractivity contribution >= 4 is 17.6 Å². The van der Waals surface area contributed by atoms with E-state index in [1.54, 1.807) is 23.8 Å². The van der Waals surface area contributed by atoms with Crippen LogP contribution in [0, 0.1) is 13.8 Å². The Morgan fingerprint density at radius 2 is 2.00 bits per heavy atom. The minimum Gasteiger partial charge on any atom is -0.495 e. The minimum absolute atomic E-state index is 0.0135. The Bertz CT molecular complexity index is 778. The van der Waals surface area contributed by atoms with Gasteiger partial charge < -0.3 is 19.7 Å². The predicted octanol–water partition coefficient (Wildman–Crippen LogP) is 3.01. The van der Waals surface area contributed by atoms with Crippen LogP contribution in [0.2, 0.25) is 0 Å². The average Bonchev–Trinajstić information content (AvgIpc) is 2.83. The summed E-state index contributed by atoms with van der Waals surface area (Å²) in [4.78, 5) is 23.9. The number of carbonyl (C=O) groups excluding carboxylic acids is 1. The molecule has 0 aliphatic heterocycles. The van der Waals surface area contributed by atoms with Gasteiger partial charge in [-0.15, -0.1) is 0 Å². The van der Waals surface area contributed by atoms with Crippen molar-refractivity contribution in [3.8, 4) is 5.75 Å². The first kappa shape index (κ1) is 17.6. The van der Waals surface area contributed by atoms with Crippen LogP contribution in [0.1, 0.15) is 34.1 Å². The number of ether oxygens (including phenoxy) is 1. The molecule has 128 valence electrons. The Morgan fingerprint density at radius 1 is 1.29 bits per heavy atom. The number of benzene rings is 1. The van der Waals surface area contributed by atoms with Crippen LogP contribution in [0.5, 0.6) is 5.75 Å². The van der Waals surface area contributed by atoms with Crippen LogP contribution in [0.25, 0.3) is 0 Å². The van der Waals surface area contributed by atoms with E-state index in [9.17, 15) is 14.7 Å². The van der Waals surface area contributed by atoms with E-state index >= 15 is 0 Å². The van der Waals surface area contributed by atoms with Gasteiger partial charge in [-0.3, -0.25) is 4.79 Å². The van der Waals surface area contributed by atoms with Crippen LogP contribution in [-0.2, 0) is 17.8 Å². The number of hydrogen-bond donors (Lipinski definition) is 2. The van der Waals surface area contributed by atoms with E-state index in [1.807, 2.05) is 26.0 Å². The maximum absolute atomic E-state index is 12.4. The maximum Gasteiger partial charge on any atom is 0.337 e. The second-order valence-corrected chi connectivity index (χ2v) is 5.65. The topological polar surface area (TPSA) is 80.6 Å². The molecule has 24 heavy (non-hydrogen) atoms. The first-order valence-electron chi connectivity index (χ1n) is 7.73. The van der Waals surface area contributed by atoms with Crippen molar-refractivity contribution in [3.63, 3.8) is 0 Å². The molecule has 0 saturated heterocycles. The number of amides is 1. The fraction of sp³-hybridized carbons (Fsp3) is 0.333. The molecule has 6 heteroatoms. The summed E-state index contributed by atoms with van der Waals surface area (Å²) in [6, 6.07) is 5.49. The summed E-state index contributed by atoms with van der Waals surface area (Å²) < 4.78 is 7.05. The standard InChI is InChI=1S/C18H22N2O4/c1-5-20-10-12(3)17(18(22)23)14(20)9-16(21)19-13-8-11(2)6-7-15(13)24-4/h6-8,10H,5,9H2,1-4H3,(H,19,21)(H,22,23). The fourth-order valence-electron chi connectivity index (χ4n) is 2.78. The zero-order valence-electron chi connectivity index (χ0n) is 14.3. The molecule has 0 unspecified atom stereocenters. The second kappa shape index (κ2) is 7.21. The van der Waals surface area contributed by atoms with Gasteiger partial charge in [0.1, 0.15) is 5.75 Å². The lowest BCUT2D eigenvalue weighted by molar-refractivity contribution is -0.115. The highest BCUT2D eigenvalue weighted by molar-refractivity contribution is 5.97. The summed E-state index contributed by atoms with van der Waals surface area (Å²) in [5.74, 6) is -0.737. The molecule has 1 aromatic carbocycles. The van der Waals surface area contributed by atoms with Crippen molar-refractivity contribution in [1.82, 2.24) is 4.57 Å². The average molecular weight is 330 g/mol. The zero-order valence-corrected chi connectivity index (χ0v) is 14.3. The van der Waals surface area contributed by atoms with Crippen LogP contribution >= 0.6 is 0 Å². The highest BCUT2D eigenvalue weighted by Gasteiger charge is 2.21. The third-order valence-corrected chi connectivity index (χ3v) is 3.89. The molecule has 0 aliphatic rings. The number of carboxylic acid groups (broad SMARTS) is 1. The minimum atomic E-state index is -1.02.